The van der Waals surface area contributed by atoms with Crippen LogP contribution in [0.25, 0.3) is 0 Å². The molecule has 0 unspecified atom stereocenters. The fourth-order valence-electron chi connectivity index (χ4n) is 1.05. The van der Waals surface area contributed by atoms with Gasteiger partial charge in [0.05, 0.1) is 12.7 Å². The number of hydrogen-bond acceptors (Lipinski definition) is 3. The van der Waals surface area contributed by atoms with Crippen LogP contribution in [0.4, 0.5) is 0 Å². The lowest BCUT2D eigenvalue weighted by Crippen LogP contribution is -2.15. The van der Waals surface area contributed by atoms with Crippen LogP contribution in [0.1, 0.15) is 18.6 Å². The minimum Gasteiger partial charge on any atom is -0.360 e. The van der Waals surface area contributed by atoms with Gasteiger partial charge in [-0.1, -0.05) is 5.16 Å². The molecule has 1 aliphatic carbocycles. The SMILES string of the molecule is c1cc(CNCC2CC2)on1. The van der Waals surface area contributed by atoms with Crippen molar-refractivity contribution in [3.8, 4) is 0 Å². The molecular formula is C8H12N2O. The molecule has 0 aromatic carbocycles. The zero-order chi connectivity index (χ0) is 7.52. The van der Waals surface area contributed by atoms with E-state index >= 15 is 0 Å². The predicted octanol–water partition coefficient (Wildman–Crippen LogP) is 1.17. The van der Waals surface area contributed by atoms with Crippen LogP contribution in [0.5, 0.6) is 0 Å². The molecule has 0 aliphatic heterocycles. The van der Waals surface area contributed by atoms with Crippen molar-refractivity contribution in [3.63, 3.8) is 0 Å². The number of nitrogens with zero attached hydrogens (tertiary/aromatic N) is 1. The fourth-order valence-corrected chi connectivity index (χ4v) is 1.05. The Morgan fingerprint density at radius 2 is 2.55 bits per heavy atom. The summed E-state index contributed by atoms with van der Waals surface area (Å²) >= 11 is 0. The van der Waals surface area contributed by atoms with E-state index in [1.807, 2.05) is 6.07 Å². The highest BCUT2D eigenvalue weighted by atomic mass is 16.5. The summed E-state index contributed by atoms with van der Waals surface area (Å²) in [5.41, 5.74) is 0. The summed E-state index contributed by atoms with van der Waals surface area (Å²) < 4.78 is 4.92. The zero-order valence-corrected chi connectivity index (χ0v) is 6.42. The van der Waals surface area contributed by atoms with Crippen LogP contribution >= 0.6 is 0 Å². The molecule has 1 saturated carbocycles. The number of hydrogen-bond donors (Lipinski definition) is 1. The standard InChI is InChI=1S/C8H12N2O/c1-2-7(1)5-9-6-8-3-4-10-11-8/h3-4,7,9H,1-2,5-6H2. The molecule has 0 amide bonds. The van der Waals surface area contributed by atoms with Gasteiger partial charge in [0.1, 0.15) is 5.76 Å². The summed E-state index contributed by atoms with van der Waals surface area (Å²) in [5.74, 6) is 1.85. The number of nitrogens with one attached hydrogen (secondary N) is 1. The van der Waals surface area contributed by atoms with Gasteiger partial charge in [0.2, 0.25) is 0 Å². The highest BCUT2D eigenvalue weighted by Crippen LogP contribution is 2.27. The van der Waals surface area contributed by atoms with Crippen LogP contribution in [0.2, 0.25) is 0 Å². The monoisotopic (exact) mass is 152 g/mol. The number of rotatable bonds is 4. The summed E-state index contributed by atoms with van der Waals surface area (Å²) in [6.45, 7) is 1.94. The molecule has 0 bridgehead atoms. The Bertz CT molecular complexity index is 204. The zero-order valence-electron chi connectivity index (χ0n) is 6.42. The molecule has 0 saturated heterocycles. The van der Waals surface area contributed by atoms with Crippen molar-refractivity contribution in [1.82, 2.24) is 10.5 Å². The molecule has 1 N–H and O–H groups in total. The molecule has 1 heterocycles. The van der Waals surface area contributed by atoms with Gasteiger partial charge in [0.25, 0.3) is 0 Å². The van der Waals surface area contributed by atoms with Crippen LogP contribution in [0.3, 0.4) is 0 Å². The highest BCUT2D eigenvalue weighted by Gasteiger charge is 2.20. The van der Waals surface area contributed by atoms with Crippen molar-refractivity contribution in [1.29, 1.82) is 0 Å². The van der Waals surface area contributed by atoms with Gasteiger partial charge in [0, 0.05) is 6.07 Å². The van der Waals surface area contributed by atoms with Gasteiger partial charge in [-0.15, -0.1) is 0 Å². The maximum absolute atomic E-state index is 4.92. The third kappa shape index (κ3) is 2.05. The lowest BCUT2D eigenvalue weighted by molar-refractivity contribution is 0.372. The van der Waals surface area contributed by atoms with Crippen LogP contribution in [0.15, 0.2) is 16.8 Å². The highest BCUT2D eigenvalue weighted by molar-refractivity contribution is 4.92. The van der Waals surface area contributed by atoms with Crippen LogP contribution in [-0.2, 0) is 6.54 Å². The van der Waals surface area contributed by atoms with Crippen LogP contribution < -0.4 is 5.32 Å². The van der Waals surface area contributed by atoms with Gasteiger partial charge in [-0.3, -0.25) is 0 Å². The van der Waals surface area contributed by atoms with E-state index in [0.29, 0.717) is 0 Å². The Hall–Kier alpha value is -0.830. The molecular weight excluding hydrogens is 140 g/mol. The third-order valence-electron chi connectivity index (χ3n) is 1.92. The van der Waals surface area contributed by atoms with Crippen molar-refractivity contribution in [2.75, 3.05) is 6.54 Å². The first-order chi connectivity index (χ1) is 5.45. The maximum Gasteiger partial charge on any atom is 0.150 e. The van der Waals surface area contributed by atoms with E-state index in [-0.39, 0.29) is 0 Å². The molecule has 1 aromatic rings. The molecule has 2 rings (SSSR count). The summed E-state index contributed by atoms with van der Waals surface area (Å²) in [5, 5.41) is 6.94. The van der Waals surface area contributed by atoms with Crippen molar-refractivity contribution in [3.05, 3.63) is 18.0 Å². The van der Waals surface area contributed by atoms with Crippen molar-refractivity contribution < 1.29 is 4.52 Å². The van der Waals surface area contributed by atoms with Gasteiger partial charge in [-0.05, 0) is 25.3 Å². The van der Waals surface area contributed by atoms with Gasteiger partial charge < -0.3 is 9.84 Å². The molecule has 0 spiro atoms. The molecule has 1 aromatic heterocycles. The first-order valence-corrected chi connectivity index (χ1v) is 4.05. The maximum atomic E-state index is 4.92. The van der Waals surface area contributed by atoms with Gasteiger partial charge >= 0.3 is 0 Å². The largest absolute Gasteiger partial charge is 0.360 e. The van der Waals surface area contributed by atoms with E-state index in [9.17, 15) is 0 Å². The molecule has 3 nitrogen and oxygen atoms in total. The van der Waals surface area contributed by atoms with Crippen molar-refractivity contribution >= 4 is 0 Å². The van der Waals surface area contributed by atoms with E-state index < -0.39 is 0 Å². The van der Waals surface area contributed by atoms with Gasteiger partial charge in [-0.25, -0.2) is 0 Å². The molecule has 60 valence electrons. The first kappa shape index (κ1) is 6.85. The summed E-state index contributed by atoms with van der Waals surface area (Å²) in [4.78, 5) is 0. The lowest BCUT2D eigenvalue weighted by atomic mass is 10.4. The number of aromatic nitrogens is 1. The summed E-state index contributed by atoms with van der Waals surface area (Å²) in [7, 11) is 0. The lowest BCUT2D eigenvalue weighted by Gasteiger charge is -1.97. The smallest absolute Gasteiger partial charge is 0.150 e. The van der Waals surface area contributed by atoms with Crippen molar-refractivity contribution in [2.45, 2.75) is 19.4 Å². The molecule has 3 heteroatoms. The fraction of sp³-hybridized carbons (Fsp3) is 0.625. The Morgan fingerprint density at radius 3 is 3.18 bits per heavy atom. The molecule has 11 heavy (non-hydrogen) atoms. The Labute approximate surface area is 65.8 Å². The molecule has 1 aliphatic rings. The predicted molar refractivity (Wildman–Crippen MR) is 40.9 cm³/mol. The average molecular weight is 152 g/mol. The van der Waals surface area contributed by atoms with Crippen molar-refractivity contribution in [2.24, 2.45) is 5.92 Å². The average Bonchev–Trinajstić information content (AvgIpc) is 2.66. The second-order valence-corrected chi connectivity index (χ2v) is 3.05. The van der Waals surface area contributed by atoms with Crippen LogP contribution in [-0.4, -0.2) is 11.7 Å². The molecule has 0 atom stereocenters. The quantitative estimate of drug-likeness (QED) is 0.703. The van der Waals surface area contributed by atoms with E-state index in [1.54, 1.807) is 6.20 Å². The second-order valence-electron chi connectivity index (χ2n) is 3.05. The van der Waals surface area contributed by atoms with E-state index in [0.717, 1.165) is 24.8 Å². The van der Waals surface area contributed by atoms with Gasteiger partial charge in [0.15, 0.2) is 0 Å². The Balaban J connectivity index is 1.66. The van der Waals surface area contributed by atoms with E-state index in [2.05, 4.69) is 10.5 Å². The van der Waals surface area contributed by atoms with Gasteiger partial charge in [-0.2, -0.15) is 0 Å². The summed E-state index contributed by atoms with van der Waals surface area (Å²) in [6, 6.07) is 1.89. The molecule has 1 fully saturated rings. The summed E-state index contributed by atoms with van der Waals surface area (Å²) in [6.07, 6.45) is 4.46. The molecule has 0 radical (unpaired) electrons. The minimum atomic E-state index is 0.816. The third-order valence-corrected chi connectivity index (χ3v) is 1.92. The Kier molecular flexibility index (Phi) is 1.90. The topological polar surface area (TPSA) is 38.1 Å². The second kappa shape index (κ2) is 3.05. The normalized spacial score (nSPS) is 17.1. The minimum absolute atomic E-state index is 0.816. The Morgan fingerprint density at radius 1 is 1.64 bits per heavy atom. The van der Waals surface area contributed by atoms with E-state index in [1.165, 1.54) is 12.8 Å². The van der Waals surface area contributed by atoms with E-state index in [4.69, 9.17) is 4.52 Å². The van der Waals surface area contributed by atoms with Crippen LogP contribution in [0, 0.1) is 5.92 Å². The first-order valence-electron chi connectivity index (χ1n) is 4.05.